The average molecular weight is 433 g/mol. The Morgan fingerprint density at radius 2 is 1.44 bits per heavy atom. The highest BCUT2D eigenvalue weighted by Crippen LogP contribution is 2.21. The molecule has 0 atom stereocenters. The van der Waals surface area contributed by atoms with Crippen molar-refractivity contribution in [2.75, 3.05) is 62.6 Å². The maximum Gasteiger partial charge on any atom is 0.238 e. The lowest BCUT2D eigenvalue weighted by Crippen LogP contribution is -2.48. The van der Waals surface area contributed by atoms with Crippen LogP contribution in [-0.2, 0) is 4.79 Å². The molecular weight excluding hydrogens is 396 g/mol. The van der Waals surface area contributed by atoms with Crippen LogP contribution in [0.1, 0.15) is 31.2 Å². The van der Waals surface area contributed by atoms with Gasteiger partial charge in [-0.1, -0.05) is 55.3 Å². The van der Waals surface area contributed by atoms with Crippen molar-refractivity contribution in [2.45, 2.75) is 25.7 Å². The molecule has 170 valence electrons. The van der Waals surface area contributed by atoms with E-state index in [4.69, 9.17) is 0 Å². The highest BCUT2D eigenvalue weighted by atomic mass is 16.2. The number of nitrogens with zero attached hydrogens (tertiary/aromatic N) is 3. The molecule has 0 aromatic heterocycles. The van der Waals surface area contributed by atoms with E-state index in [-0.39, 0.29) is 5.91 Å². The number of carbonyl (C=O) groups is 1. The minimum absolute atomic E-state index is 0.0740. The molecular formula is C27H36N4O. The van der Waals surface area contributed by atoms with E-state index in [0.29, 0.717) is 6.54 Å². The zero-order valence-corrected chi connectivity index (χ0v) is 19.1. The van der Waals surface area contributed by atoms with Crippen LogP contribution < -0.4 is 10.2 Å². The van der Waals surface area contributed by atoms with Gasteiger partial charge in [0.2, 0.25) is 5.91 Å². The lowest BCUT2D eigenvalue weighted by atomic mass is 10.2. The summed E-state index contributed by atoms with van der Waals surface area (Å²) >= 11 is 0. The van der Waals surface area contributed by atoms with Gasteiger partial charge in [-0.25, -0.2) is 0 Å². The predicted molar refractivity (Wildman–Crippen MR) is 134 cm³/mol. The summed E-state index contributed by atoms with van der Waals surface area (Å²) in [7, 11) is 0. The molecule has 0 unspecified atom stereocenters. The Kier molecular flexibility index (Phi) is 8.35. The van der Waals surface area contributed by atoms with Crippen molar-refractivity contribution in [3.05, 3.63) is 66.2 Å². The van der Waals surface area contributed by atoms with Gasteiger partial charge in [-0.05, 0) is 42.7 Å². The van der Waals surface area contributed by atoms with Crippen LogP contribution in [0.4, 0.5) is 11.4 Å². The second-order valence-corrected chi connectivity index (χ2v) is 8.89. The van der Waals surface area contributed by atoms with Gasteiger partial charge in [0.15, 0.2) is 0 Å². The fourth-order valence-electron chi connectivity index (χ4n) is 4.52. The molecule has 2 aliphatic rings. The Balaban J connectivity index is 1.17. The number of nitrogens with one attached hydrogen (secondary N) is 1. The molecule has 2 aliphatic heterocycles. The first-order valence-corrected chi connectivity index (χ1v) is 12.1. The summed E-state index contributed by atoms with van der Waals surface area (Å²) < 4.78 is 0. The second kappa shape index (κ2) is 11.8. The van der Waals surface area contributed by atoms with Gasteiger partial charge >= 0.3 is 0 Å². The van der Waals surface area contributed by atoms with E-state index in [1.54, 1.807) is 0 Å². The number of rotatable bonds is 7. The third-order valence-corrected chi connectivity index (χ3v) is 6.43. The van der Waals surface area contributed by atoms with Gasteiger partial charge in [-0.15, -0.1) is 0 Å². The lowest BCUT2D eigenvalue weighted by Gasteiger charge is -2.33. The summed E-state index contributed by atoms with van der Waals surface area (Å²) in [6.45, 7) is 7.55. The quantitative estimate of drug-likeness (QED) is 0.707. The molecule has 2 aromatic rings. The smallest absolute Gasteiger partial charge is 0.238 e. The third-order valence-electron chi connectivity index (χ3n) is 6.43. The van der Waals surface area contributed by atoms with Gasteiger partial charge in [0.25, 0.3) is 0 Å². The van der Waals surface area contributed by atoms with Crippen LogP contribution >= 0.6 is 0 Å². The number of anilines is 2. The Labute approximate surface area is 192 Å². The van der Waals surface area contributed by atoms with Gasteiger partial charge < -0.3 is 10.2 Å². The molecule has 1 amide bonds. The molecule has 0 saturated carbocycles. The van der Waals surface area contributed by atoms with Crippen LogP contribution in [0.15, 0.2) is 60.7 Å². The van der Waals surface area contributed by atoms with Gasteiger partial charge in [0, 0.05) is 57.2 Å². The van der Waals surface area contributed by atoms with E-state index < -0.39 is 0 Å². The van der Waals surface area contributed by atoms with E-state index in [1.165, 1.54) is 36.9 Å². The molecule has 2 aromatic carbocycles. The standard InChI is InChI=1S/C27H36N4O/c32-27(28-25-12-14-26(15-13-25)31-17-6-1-2-7-18-31)23-30-21-19-29(20-22-30)16-8-11-24-9-4-3-5-10-24/h3-5,8-15H,1-2,6-7,16-23H2,(H,28,32)/b11-8+. The first-order chi connectivity index (χ1) is 15.8. The normalized spacial score (nSPS) is 18.6. The molecule has 2 fully saturated rings. The Morgan fingerprint density at radius 1 is 0.781 bits per heavy atom. The summed E-state index contributed by atoms with van der Waals surface area (Å²) in [6.07, 6.45) is 9.63. The van der Waals surface area contributed by atoms with Crippen LogP contribution in [0.3, 0.4) is 0 Å². The molecule has 4 rings (SSSR count). The Hall–Kier alpha value is -2.63. The summed E-state index contributed by atoms with van der Waals surface area (Å²) in [5.74, 6) is 0.0740. The van der Waals surface area contributed by atoms with E-state index in [1.807, 2.05) is 18.2 Å². The molecule has 0 spiro atoms. The van der Waals surface area contributed by atoms with Gasteiger partial charge in [0.1, 0.15) is 0 Å². The van der Waals surface area contributed by atoms with Crippen molar-refractivity contribution < 1.29 is 4.79 Å². The van der Waals surface area contributed by atoms with Crippen molar-refractivity contribution in [3.8, 4) is 0 Å². The number of hydrogen-bond acceptors (Lipinski definition) is 4. The number of amides is 1. The monoisotopic (exact) mass is 432 g/mol. The van der Waals surface area contributed by atoms with E-state index in [9.17, 15) is 4.79 Å². The van der Waals surface area contributed by atoms with Crippen LogP contribution in [0.5, 0.6) is 0 Å². The number of piperazine rings is 1. The Bertz CT molecular complexity index is 849. The number of carbonyl (C=O) groups excluding carboxylic acids is 1. The average Bonchev–Trinajstić information content (AvgIpc) is 3.11. The third kappa shape index (κ3) is 6.94. The minimum atomic E-state index is 0.0740. The molecule has 32 heavy (non-hydrogen) atoms. The lowest BCUT2D eigenvalue weighted by molar-refractivity contribution is -0.117. The van der Waals surface area contributed by atoms with Gasteiger partial charge in [-0.2, -0.15) is 0 Å². The summed E-state index contributed by atoms with van der Waals surface area (Å²) in [5.41, 5.74) is 3.39. The SMILES string of the molecule is O=C(CN1CCN(C/C=C/c2ccccc2)CC1)Nc1ccc(N2CCCCCC2)cc1. The molecule has 0 radical (unpaired) electrons. The topological polar surface area (TPSA) is 38.8 Å². The molecule has 0 bridgehead atoms. The minimum Gasteiger partial charge on any atom is -0.372 e. The van der Waals surface area contributed by atoms with Crippen molar-refractivity contribution in [1.82, 2.24) is 9.80 Å². The zero-order valence-electron chi connectivity index (χ0n) is 19.1. The van der Waals surface area contributed by atoms with Crippen molar-refractivity contribution >= 4 is 23.4 Å². The first kappa shape index (κ1) is 22.6. The number of benzene rings is 2. The second-order valence-electron chi connectivity index (χ2n) is 8.89. The fraction of sp³-hybridized carbons (Fsp3) is 0.444. The van der Waals surface area contributed by atoms with Crippen molar-refractivity contribution in [1.29, 1.82) is 0 Å². The summed E-state index contributed by atoms with van der Waals surface area (Å²) in [6, 6.07) is 18.8. The van der Waals surface area contributed by atoms with Crippen LogP contribution in [0.2, 0.25) is 0 Å². The molecule has 2 saturated heterocycles. The first-order valence-electron chi connectivity index (χ1n) is 12.1. The highest BCUT2D eigenvalue weighted by molar-refractivity contribution is 5.92. The van der Waals surface area contributed by atoms with Crippen LogP contribution in [0, 0.1) is 0 Å². The molecule has 0 aliphatic carbocycles. The maximum atomic E-state index is 12.5. The fourth-order valence-corrected chi connectivity index (χ4v) is 4.52. The maximum absolute atomic E-state index is 12.5. The van der Waals surface area contributed by atoms with Gasteiger partial charge in [-0.3, -0.25) is 14.6 Å². The number of hydrogen-bond donors (Lipinski definition) is 1. The van der Waals surface area contributed by atoms with Crippen LogP contribution in [-0.4, -0.2) is 68.1 Å². The predicted octanol–water partition coefficient (Wildman–Crippen LogP) is 4.34. The van der Waals surface area contributed by atoms with Crippen LogP contribution in [0.25, 0.3) is 6.08 Å². The van der Waals surface area contributed by atoms with E-state index >= 15 is 0 Å². The molecule has 5 heteroatoms. The summed E-state index contributed by atoms with van der Waals surface area (Å²) in [5, 5.41) is 3.07. The molecule has 5 nitrogen and oxygen atoms in total. The van der Waals surface area contributed by atoms with Gasteiger partial charge in [0.05, 0.1) is 6.54 Å². The van der Waals surface area contributed by atoms with E-state index in [0.717, 1.165) is 51.5 Å². The Morgan fingerprint density at radius 3 is 2.12 bits per heavy atom. The zero-order chi connectivity index (χ0) is 22.0. The van der Waals surface area contributed by atoms with Crippen molar-refractivity contribution in [2.24, 2.45) is 0 Å². The van der Waals surface area contributed by atoms with E-state index in [2.05, 4.69) is 68.6 Å². The highest BCUT2D eigenvalue weighted by Gasteiger charge is 2.18. The molecule has 1 N–H and O–H groups in total. The van der Waals surface area contributed by atoms with Crippen molar-refractivity contribution in [3.63, 3.8) is 0 Å². The summed E-state index contributed by atoms with van der Waals surface area (Å²) in [4.78, 5) is 19.7. The molecule has 2 heterocycles. The largest absolute Gasteiger partial charge is 0.372 e.